The Bertz CT molecular complexity index is 40.8. The Labute approximate surface area is 38.1 Å². The summed E-state index contributed by atoms with van der Waals surface area (Å²) in [7, 11) is 0. The first-order chi connectivity index (χ1) is 2.77. The van der Waals surface area contributed by atoms with Crippen LogP contribution in [0.25, 0.3) is 0 Å². The molecule has 2 N–H and O–H groups in total. The van der Waals surface area contributed by atoms with E-state index in [1.54, 1.807) is 0 Å². The standard InChI is InChI=1S/C4H9N2/c1-4(2)6-3-5/h4H,1-2H3,(H2,5,6). The van der Waals surface area contributed by atoms with E-state index in [1.165, 1.54) is 0 Å². The van der Waals surface area contributed by atoms with Crippen LogP contribution >= 0.6 is 0 Å². The molecule has 2 nitrogen and oxygen atoms in total. The monoisotopic (exact) mass is 85.1 g/mol. The Kier molecular flexibility index (Phi) is 2.46. The molecule has 0 bridgehead atoms. The van der Waals surface area contributed by atoms with Gasteiger partial charge in [-0.15, -0.1) is 0 Å². The molecule has 0 aromatic rings. The molecule has 0 saturated carbocycles. The highest BCUT2D eigenvalue weighted by atomic mass is 14.9. The summed E-state index contributed by atoms with van der Waals surface area (Å²) in [6.45, 7) is 3.92. The highest BCUT2D eigenvalue weighted by molar-refractivity contribution is 5.49. The molecule has 0 rings (SSSR count). The zero-order valence-electron chi connectivity index (χ0n) is 4.08. The fourth-order valence-electron chi connectivity index (χ4n) is 0.144. The van der Waals surface area contributed by atoms with Gasteiger partial charge in [0.05, 0.1) is 0 Å². The highest BCUT2D eigenvalue weighted by Crippen LogP contribution is 1.67. The molecule has 0 unspecified atom stereocenters. The first kappa shape index (κ1) is 5.47. The smallest absolute Gasteiger partial charge is 0.161 e. The fraction of sp³-hybridized carbons (Fsp3) is 0.750. The predicted octanol–water partition coefficient (Wildman–Crippen LogP) is 0.468. The van der Waals surface area contributed by atoms with Gasteiger partial charge in [-0.05, 0) is 13.8 Å². The minimum atomic E-state index is 0.350. The average molecular weight is 85.1 g/mol. The van der Waals surface area contributed by atoms with Crippen LogP contribution in [0.5, 0.6) is 0 Å². The van der Waals surface area contributed by atoms with E-state index in [2.05, 4.69) is 11.7 Å². The normalized spacial score (nSPS) is 8.50. The van der Waals surface area contributed by atoms with Gasteiger partial charge in [-0.2, -0.15) is 0 Å². The van der Waals surface area contributed by atoms with E-state index in [9.17, 15) is 0 Å². The molecule has 35 valence electrons. The van der Waals surface area contributed by atoms with Crippen molar-refractivity contribution in [2.75, 3.05) is 0 Å². The van der Waals surface area contributed by atoms with Gasteiger partial charge in [0.25, 0.3) is 0 Å². The molecule has 0 heterocycles. The minimum Gasteiger partial charge on any atom is -0.365 e. The van der Waals surface area contributed by atoms with Gasteiger partial charge in [0, 0.05) is 6.04 Å². The lowest BCUT2D eigenvalue weighted by Gasteiger charge is -1.97. The summed E-state index contributed by atoms with van der Waals surface area (Å²) in [5.41, 5.74) is 0. The maximum Gasteiger partial charge on any atom is 0.161 e. The molecule has 0 saturated heterocycles. The molecule has 6 heavy (non-hydrogen) atoms. The fourth-order valence-corrected chi connectivity index (χ4v) is 0.144. The molecular weight excluding hydrogens is 76.1 g/mol. The van der Waals surface area contributed by atoms with E-state index in [1.807, 2.05) is 13.8 Å². The summed E-state index contributed by atoms with van der Waals surface area (Å²) in [6.07, 6.45) is 2.07. The third-order valence-electron chi connectivity index (χ3n) is 0.361. The van der Waals surface area contributed by atoms with Gasteiger partial charge in [0.15, 0.2) is 6.34 Å². The van der Waals surface area contributed by atoms with E-state index < -0.39 is 0 Å². The van der Waals surface area contributed by atoms with Crippen LogP contribution in [-0.4, -0.2) is 12.4 Å². The molecule has 0 aliphatic heterocycles. The average Bonchev–Trinajstić information content (AvgIpc) is 1.35. The largest absolute Gasteiger partial charge is 0.365 e. The Hall–Kier alpha value is -0.530. The summed E-state index contributed by atoms with van der Waals surface area (Å²) >= 11 is 0. The lowest BCUT2D eigenvalue weighted by atomic mass is 10.4. The molecular formula is C4H9N2. The second-order valence-electron chi connectivity index (χ2n) is 1.42. The van der Waals surface area contributed by atoms with Crippen molar-refractivity contribution < 1.29 is 0 Å². The van der Waals surface area contributed by atoms with Crippen molar-refractivity contribution in [3.8, 4) is 0 Å². The Morgan fingerprint density at radius 1 is 1.67 bits per heavy atom. The van der Waals surface area contributed by atoms with E-state index >= 15 is 0 Å². The lowest BCUT2D eigenvalue weighted by molar-refractivity contribution is 0.741. The zero-order chi connectivity index (χ0) is 4.99. The van der Waals surface area contributed by atoms with E-state index in [4.69, 9.17) is 5.41 Å². The molecule has 0 spiro atoms. The van der Waals surface area contributed by atoms with Gasteiger partial charge in [-0.1, -0.05) is 0 Å². The van der Waals surface area contributed by atoms with Gasteiger partial charge < -0.3 is 5.32 Å². The van der Waals surface area contributed by atoms with Crippen LogP contribution in [0.3, 0.4) is 0 Å². The summed E-state index contributed by atoms with van der Waals surface area (Å²) in [5.74, 6) is 0. The molecule has 0 atom stereocenters. The second-order valence-corrected chi connectivity index (χ2v) is 1.42. The van der Waals surface area contributed by atoms with Gasteiger partial charge in [-0.3, -0.25) is 5.41 Å². The predicted molar refractivity (Wildman–Crippen MR) is 26.0 cm³/mol. The number of hydrogen-bond donors (Lipinski definition) is 2. The van der Waals surface area contributed by atoms with Gasteiger partial charge >= 0.3 is 0 Å². The van der Waals surface area contributed by atoms with Crippen molar-refractivity contribution >= 4 is 6.34 Å². The quantitative estimate of drug-likeness (QED) is 0.285. The number of rotatable bonds is 2. The molecule has 0 aliphatic carbocycles. The summed E-state index contributed by atoms with van der Waals surface area (Å²) in [5, 5.41) is 9.00. The van der Waals surface area contributed by atoms with Crippen molar-refractivity contribution in [2.24, 2.45) is 0 Å². The molecule has 0 fully saturated rings. The first-order valence-electron chi connectivity index (χ1n) is 1.94. The summed E-state index contributed by atoms with van der Waals surface area (Å²) < 4.78 is 0. The summed E-state index contributed by atoms with van der Waals surface area (Å²) in [6, 6.07) is 0.350. The third kappa shape index (κ3) is 3.47. The Morgan fingerprint density at radius 2 is 2.17 bits per heavy atom. The van der Waals surface area contributed by atoms with E-state index in [0.29, 0.717) is 6.04 Å². The van der Waals surface area contributed by atoms with Crippen molar-refractivity contribution in [1.82, 2.24) is 5.32 Å². The van der Waals surface area contributed by atoms with Crippen LogP contribution in [0.1, 0.15) is 13.8 Å². The molecule has 0 amide bonds. The Morgan fingerprint density at radius 3 is 2.17 bits per heavy atom. The minimum absolute atomic E-state index is 0.350. The van der Waals surface area contributed by atoms with Crippen LogP contribution in [0.4, 0.5) is 0 Å². The van der Waals surface area contributed by atoms with Crippen LogP contribution in [0.2, 0.25) is 0 Å². The van der Waals surface area contributed by atoms with Crippen LogP contribution < -0.4 is 5.32 Å². The second kappa shape index (κ2) is 2.69. The Balaban J connectivity index is 2.81. The van der Waals surface area contributed by atoms with Gasteiger partial charge in [0.1, 0.15) is 0 Å². The highest BCUT2D eigenvalue weighted by Gasteiger charge is 1.80. The molecule has 1 radical (unpaired) electrons. The van der Waals surface area contributed by atoms with Crippen molar-refractivity contribution in [2.45, 2.75) is 19.9 Å². The van der Waals surface area contributed by atoms with Gasteiger partial charge in [0.2, 0.25) is 0 Å². The van der Waals surface area contributed by atoms with Gasteiger partial charge in [-0.25, -0.2) is 0 Å². The van der Waals surface area contributed by atoms with Crippen molar-refractivity contribution in [3.63, 3.8) is 0 Å². The first-order valence-corrected chi connectivity index (χ1v) is 1.94. The number of hydrogen-bond acceptors (Lipinski definition) is 1. The van der Waals surface area contributed by atoms with E-state index in [-0.39, 0.29) is 0 Å². The van der Waals surface area contributed by atoms with Crippen LogP contribution in [0, 0.1) is 5.41 Å². The third-order valence-corrected chi connectivity index (χ3v) is 0.361. The van der Waals surface area contributed by atoms with Crippen molar-refractivity contribution in [1.29, 1.82) is 5.41 Å². The zero-order valence-corrected chi connectivity index (χ0v) is 4.08. The molecule has 0 aromatic heterocycles. The summed E-state index contributed by atoms with van der Waals surface area (Å²) in [4.78, 5) is 0. The molecule has 2 heteroatoms. The molecule has 0 aliphatic rings. The van der Waals surface area contributed by atoms with Crippen molar-refractivity contribution in [3.05, 3.63) is 0 Å². The maximum atomic E-state index is 6.37. The van der Waals surface area contributed by atoms with Crippen LogP contribution in [-0.2, 0) is 0 Å². The van der Waals surface area contributed by atoms with E-state index in [0.717, 1.165) is 0 Å². The maximum absolute atomic E-state index is 6.37. The van der Waals surface area contributed by atoms with Crippen LogP contribution in [0.15, 0.2) is 0 Å². The SMILES string of the molecule is CC(C)N[C]=N. The lowest BCUT2D eigenvalue weighted by Crippen LogP contribution is -2.19. The topological polar surface area (TPSA) is 35.9 Å². The number of nitrogens with one attached hydrogen (secondary N) is 2. The molecule has 0 aromatic carbocycles.